The van der Waals surface area contributed by atoms with Gasteiger partial charge in [0.05, 0.1) is 24.6 Å². The Kier molecular flexibility index (Phi) is 6.05. The molecule has 14 heteroatoms. The monoisotopic (exact) mass is 520 g/mol. The Labute approximate surface area is 199 Å². The van der Waals surface area contributed by atoms with Crippen molar-refractivity contribution in [2.24, 2.45) is 9.39 Å². The van der Waals surface area contributed by atoms with Gasteiger partial charge in [-0.2, -0.15) is 17.8 Å². The van der Waals surface area contributed by atoms with Gasteiger partial charge in [0.15, 0.2) is 0 Å². The van der Waals surface area contributed by atoms with Gasteiger partial charge < -0.3 is 8.92 Å². The summed E-state index contributed by atoms with van der Waals surface area (Å²) in [5.41, 5.74) is 0.285. The van der Waals surface area contributed by atoms with E-state index in [4.69, 9.17) is 14.3 Å². The van der Waals surface area contributed by atoms with Crippen LogP contribution in [-0.2, 0) is 24.7 Å². The number of ether oxygens (including phenoxy) is 1. The van der Waals surface area contributed by atoms with Crippen molar-refractivity contribution in [2.45, 2.75) is 4.90 Å². The first-order valence-electron chi connectivity index (χ1n) is 9.37. The topological polar surface area (TPSA) is 156 Å². The van der Waals surface area contributed by atoms with Gasteiger partial charge in [0.25, 0.3) is 5.91 Å². The molecule has 176 valence electrons. The Hall–Kier alpha value is -3.49. The molecule has 34 heavy (non-hydrogen) atoms. The van der Waals surface area contributed by atoms with Gasteiger partial charge in [-0.25, -0.2) is 13.3 Å². The minimum atomic E-state index is -4.08. The molecule has 11 nitrogen and oxygen atoms in total. The molecule has 0 saturated heterocycles. The number of amides is 1. The van der Waals surface area contributed by atoms with Crippen molar-refractivity contribution in [1.29, 1.82) is 5.41 Å². The fourth-order valence-corrected chi connectivity index (χ4v) is 5.72. The summed E-state index contributed by atoms with van der Waals surface area (Å²) in [5, 5.41) is 7.94. The summed E-state index contributed by atoms with van der Waals surface area (Å²) >= 11 is 0.700. The summed E-state index contributed by atoms with van der Waals surface area (Å²) < 4.78 is 62.8. The molecule has 1 amide bonds. The summed E-state index contributed by atoms with van der Waals surface area (Å²) in [6, 6.07) is 11.4. The Morgan fingerprint density at radius 1 is 1.00 bits per heavy atom. The van der Waals surface area contributed by atoms with Crippen LogP contribution in [0.2, 0.25) is 0 Å². The minimum Gasteiger partial charge on any atom is -0.497 e. The number of carbonyl (C=O) groups excluding carboxylic acids is 1. The Morgan fingerprint density at radius 2 is 1.62 bits per heavy atom. The van der Waals surface area contributed by atoms with Crippen molar-refractivity contribution in [3.8, 4) is 11.5 Å². The van der Waals surface area contributed by atoms with E-state index < -0.39 is 25.9 Å². The average Bonchev–Trinajstić information content (AvgIpc) is 3.22. The summed E-state index contributed by atoms with van der Waals surface area (Å²) in [6.45, 7) is 0. The molecule has 2 aliphatic heterocycles. The third-order valence-electron chi connectivity index (χ3n) is 4.57. The number of carbonyl (C=O) groups is 1. The van der Waals surface area contributed by atoms with Crippen LogP contribution in [0.5, 0.6) is 11.5 Å². The average molecular weight is 521 g/mol. The number of fused-ring (bicyclic) bond motifs is 1. The van der Waals surface area contributed by atoms with Crippen LogP contribution in [0.25, 0.3) is 6.08 Å². The van der Waals surface area contributed by atoms with Gasteiger partial charge in [-0.15, -0.1) is 0 Å². The minimum absolute atomic E-state index is 0.0138. The van der Waals surface area contributed by atoms with Crippen LogP contribution < -0.4 is 8.92 Å². The van der Waals surface area contributed by atoms with Crippen molar-refractivity contribution >= 4 is 60.1 Å². The molecule has 2 aromatic rings. The van der Waals surface area contributed by atoms with Gasteiger partial charge in [-0.05, 0) is 48.0 Å². The van der Waals surface area contributed by atoms with Crippen LogP contribution in [0.15, 0.2) is 68.4 Å². The van der Waals surface area contributed by atoms with E-state index in [-0.39, 0.29) is 32.4 Å². The fraction of sp³-hybridized carbons (Fsp3) is 0.100. The van der Waals surface area contributed by atoms with Gasteiger partial charge in [0.1, 0.15) is 22.2 Å². The molecule has 4 rings (SSSR count). The molecule has 0 aromatic heterocycles. The molecule has 0 fully saturated rings. The highest BCUT2D eigenvalue weighted by atomic mass is 32.2. The van der Waals surface area contributed by atoms with E-state index >= 15 is 0 Å². The second kappa shape index (κ2) is 8.70. The molecule has 2 heterocycles. The lowest BCUT2D eigenvalue weighted by Crippen LogP contribution is -2.45. The number of rotatable bonds is 5. The molecule has 0 aliphatic carbocycles. The molecule has 0 radical (unpaired) electrons. The van der Waals surface area contributed by atoms with Crippen LogP contribution in [0.4, 0.5) is 0 Å². The first kappa shape index (κ1) is 23.7. The highest BCUT2D eigenvalue weighted by Crippen LogP contribution is 2.30. The predicted molar refractivity (Wildman–Crippen MR) is 127 cm³/mol. The summed E-state index contributed by atoms with van der Waals surface area (Å²) in [6.07, 6.45) is 2.29. The maximum absolute atomic E-state index is 12.5. The van der Waals surface area contributed by atoms with Crippen molar-refractivity contribution in [2.75, 3.05) is 13.4 Å². The Balaban J connectivity index is 1.56. The number of nitrogens with zero attached hydrogens (tertiary/aromatic N) is 3. The van der Waals surface area contributed by atoms with Crippen LogP contribution in [0.3, 0.4) is 0 Å². The lowest BCUT2D eigenvalue weighted by atomic mass is 10.1. The standard InChI is InChI=1S/C20H16N4O7S3/c1-30-13-7-9-15(10-8-13)34(28,29)31-14-5-3-12(4-6-14)11-16-17(21)24-19(22-18(16)25)32-23-20(24)33(2,26)27/h3-11,21H,1-2H3/b16-11-,21-17?. The second-order valence-corrected chi connectivity index (χ2v) is 11.1. The number of sulfone groups is 1. The van der Waals surface area contributed by atoms with E-state index in [9.17, 15) is 21.6 Å². The molecule has 0 unspecified atom stereocenters. The van der Waals surface area contributed by atoms with Crippen LogP contribution in [-0.4, -0.2) is 57.2 Å². The van der Waals surface area contributed by atoms with Crippen molar-refractivity contribution < 1.29 is 30.6 Å². The lowest BCUT2D eigenvalue weighted by Gasteiger charge is -2.23. The van der Waals surface area contributed by atoms with Crippen molar-refractivity contribution in [1.82, 2.24) is 4.90 Å². The molecule has 0 spiro atoms. The molecule has 2 aliphatic rings. The molecule has 0 saturated carbocycles. The zero-order valence-electron chi connectivity index (χ0n) is 17.6. The van der Waals surface area contributed by atoms with Crippen molar-refractivity contribution in [3.63, 3.8) is 0 Å². The Morgan fingerprint density at radius 3 is 2.21 bits per heavy atom. The first-order chi connectivity index (χ1) is 16.0. The maximum Gasteiger partial charge on any atom is 0.339 e. The van der Waals surface area contributed by atoms with Gasteiger partial charge in [0.2, 0.25) is 20.2 Å². The number of nitrogens with one attached hydrogen (secondary N) is 1. The zero-order valence-corrected chi connectivity index (χ0v) is 20.1. The second-order valence-electron chi connectivity index (χ2n) is 6.96. The molecule has 0 bridgehead atoms. The van der Waals surface area contributed by atoms with E-state index in [1.54, 1.807) is 0 Å². The fourth-order valence-electron chi connectivity index (χ4n) is 2.94. The number of methoxy groups -OCH3 is 1. The van der Waals surface area contributed by atoms with Crippen LogP contribution in [0, 0.1) is 5.41 Å². The summed E-state index contributed by atoms with van der Waals surface area (Å²) in [5.74, 6) is -0.577. The Bertz CT molecular complexity index is 1490. The normalized spacial score (nSPS) is 17.4. The molecule has 1 N–H and O–H groups in total. The van der Waals surface area contributed by atoms with E-state index in [0.29, 0.717) is 23.3 Å². The van der Waals surface area contributed by atoms with E-state index in [1.165, 1.54) is 61.7 Å². The number of aliphatic imine (C=N–C) groups is 1. The van der Waals surface area contributed by atoms with E-state index in [0.717, 1.165) is 11.2 Å². The SMILES string of the molecule is COc1ccc(S(=O)(=O)Oc2ccc(/C=C3/C(=N)N4C(=NC3=O)SN=C4S(C)(=O)=O)cc2)cc1. The third-order valence-corrected chi connectivity index (χ3v) is 7.59. The molecular formula is C20H16N4O7S3. The smallest absolute Gasteiger partial charge is 0.339 e. The van der Waals surface area contributed by atoms with Crippen LogP contribution in [0.1, 0.15) is 5.56 Å². The van der Waals surface area contributed by atoms with E-state index in [2.05, 4.69) is 9.39 Å². The molecule has 2 aromatic carbocycles. The zero-order chi connectivity index (χ0) is 24.7. The first-order valence-corrected chi connectivity index (χ1v) is 13.4. The largest absolute Gasteiger partial charge is 0.497 e. The summed E-state index contributed by atoms with van der Waals surface area (Å²) in [4.78, 5) is 17.2. The highest BCUT2D eigenvalue weighted by molar-refractivity contribution is 8.16. The molecule has 0 atom stereocenters. The number of amidine groups is 3. The lowest BCUT2D eigenvalue weighted by molar-refractivity contribution is -0.114. The predicted octanol–water partition coefficient (Wildman–Crippen LogP) is 2.08. The number of hydrogen-bond acceptors (Lipinski definition) is 10. The quantitative estimate of drug-likeness (QED) is 0.354. The number of benzene rings is 2. The van der Waals surface area contributed by atoms with E-state index in [1.807, 2.05) is 0 Å². The van der Waals surface area contributed by atoms with Gasteiger partial charge in [-0.3, -0.25) is 10.2 Å². The van der Waals surface area contributed by atoms with Crippen molar-refractivity contribution in [3.05, 3.63) is 59.7 Å². The highest BCUT2D eigenvalue weighted by Gasteiger charge is 2.41. The summed E-state index contributed by atoms with van der Waals surface area (Å²) in [7, 11) is -6.37. The maximum atomic E-state index is 12.5. The van der Waals surface area contributed by atoms with Gasteiger partial charge in [-0.1, -0.05) is 12.1 Å². The third kappa shape index (κ3) is 4.60. The number of hydrogen-bond donors (Lipinski definition) is 1. The van der Waals surface area contributed by atoms with Crippen LogP contribution >= 0.6 is 11.9 Å². The molecular weight excluding hydrogens is 504 g/mol. The van der Waals surface area contributed by atoms with Gasteiger partial charge >= 0.3 is 10.1 Å². The van der Waals surface area contributed by atoms with Gasteiger partial charge in [0, 0.05) is 6.26 Å².